The Labute approximate surface area is 206 Å². The topological polar surface area (TPSA) is 88.7 Å². The Morgan fingerprint density at radius 3 is 2.36 bits per heavy atom. The molecule has 2 amide bonds. The Kier molecular flexibility index (Phi) is 15.8. The highest BCUT2D eigenvalue weighted by Gasteiger charge is 2.15. The molecule has 3 N–H and O–H groups in total. The van der Waals surface area contributed by atoms with Crippen molar-refractivity contribution in [2.45, 2.75) is 38.4 Å². The first-order valence-corrected chi connectivity index (χ1v) is 13.4. The molecule has 9 heteroatoms. The van der Waals surface area contributed by atoms with Crippen molar-refractivity contribution >= 4 is 33.4 Å². The largest absolute Gasteiger partial charge is 0.369 e. The summed E-state index contributed by atoms with van der Waals surface area (Å²) in [4.78, 5) is 24.0. The van der Waals surface area contributed by atoms with E-state index in [0.717, 1.165) is 12.1 Å². The number of likely N-dealkylation sites (N-methyl/N-ethyl adjacent to an activating group) is 1. The number of carbonyl (C=O) groups excluding carboxylic acids is 2. The predicted molar refractivity (Wildman–Crippen MR) is 138 cm³/mol. The molecule has 1 rings (SSSR count). The van der Waals surface area contributed by atoms with Crippen molar-refractivity contribution in [1.82, 2.24) is 16.0 Å². The molecule has 1 atom stereocenters. The van der Waals surface area contributed by atoms with Crippen LogP contribution in [0.1, 0.15) is 49.1 Å². The van der Waals surface area contributed by atoms with Crippen LogP contribution in [0.2, 0.25) is 0 Å². The van der Waals surface area contributed by atoms with Gasteiger partial charge in [0.05, 0.1) is 19.8 Å². The summed E-state index contributed by atoms with van der Waals surface area (Å²) in [5.41, 5.74) is 1.38. The maximum absolute atomic E-state index is 12.2. The van der Waals surface area contributed by atoms with Crippen molar-refractivity contribution in [2.75, 3.05) is 46.5 Å². The Balaban J connectivity index is 2.49. The van der Waals surface area contributed by atoms with E-state index in [-0.39, 0.29) is 29.8 Å². The summed E-state index contributed by atoms with van der Waals surface area (Å²) < 4.78 is 11.4. The van der Waals surface area contributed by atoms with Crippen molar-refractivity contribution < 1.29 is 19.1 Å². The third-order valence-corrected chi connectivity index (χ3v) is 7.03. The Bertz CT molecular complexity index is 761. The third kappa shape index (κ3) is 14.2. The Morgan fingerprint density at radius 2 is 1.73 bits per heavy atom. The van der Waals surface area contributed by atoms with E-state index < -0.39 is 0 Å². The van der Waals surface area contributed by atoms with Gasteiger partial charge in [-0.3, -0.25) is 9.59 Å². The highest BCUT2D eigenvalue weighted by atomic mass is 33.1. The average Bonchev–Trinajstić information content (AvgIpc) is 2.78. The summed E-state index contributed by atoms with van der Waals surface area (Å²) in [6, 6.07) is 7.45. The fourth-order valence-corrected chi connectivity index (χ4v) is 4.58. The molecule has 7 nitrogen and oxygen atoms in total. The lowest BCUT2D eigenvalue weighted by molar-refractivity contribution is -0.126. The number of hydrogen-bond donors (Lipinski definition) is 3. The van der Waals surface area contributed by atoms with E-state index in [0.29, 0.717) is 37.1 Å². The van der Waals surface area contributed by atoms with Crippen LogP contribution in [0.3, 0.4) is 0 Å². The molecule has 0 heterocycles. The monoisotopic (exact) mass is 495 g/mol. The van der Waals surface area contributed by atoms with Crippen LogP contribution in [0.5, 0.6) is 0 Å². The molecule has 0 aliphatic rings. The van der Waals surface area contributed by atoms with E-state index >= 15 is 0 Å². The molecule has 1 unspecified atom stereocenters. The SMILES string of the molecule is CNCCNC(=O)c1ccc(C(OCCOCC(=O)NCC#CC(C)C)SSC(C)C)cc1. The van der Waals surface area contributed by atoms with Crippen LogP contribution in [-0.4, -0.2) is 63.6 Å². The highest BCUT2D eigenvalue weighted by molar-refractivity contribution is 8.76. The molecule has 1 aromatic carbocycles. The molecule has 0 bridgehead atoms. The third-order valence-electron chi connectivity index (χ3n) is 3.94. The maximum atomic E-state index is 12.2. The predicted octanol–water partition coefficient (Wildman–Crippen LogP) is 3.23. The van der Waals surface area contributed by atoms with Gasteiger partial charge in [0.15, 0.2) is 0 Å². The van der Waals surface area contributed by atoms with Crippen molar-refractivity contribution in [3.63, 3.8) is 0 Å². The number of amides is 2. The minimum Gasteiger partial charge on any atom is -0.369 e. The molecule has 0 aliphatic carbocycles. The van der Waals surface area contributed by atoms with Gasteiger partial charge < -0.3 is 25.4 Å². The molecule has 0 saturated carbocycles. The lowest BCUT2D eigenvalue weighted by Gasteiger charge is -2.19. The molecule has 33 heavy (non-hydrogen) atoms. The Hall–Kier alpha value is -1.70. The van der Waals surface area contributed by atoms with Gasteiger partial charge in [0.2, 0.25) is 5.91 Å². The zero-order valence-corrected chi connectivity index (χ0v) is 21.9. The summed E-state index contributed by atoms with van der Waals surface area (Å²) in [6.07, 6.45) is 0. The normalized spacial score (nSPS) is 11.7. The summed E-state index contributed by atoms with van der Waals surface area (Å²) in [5.74, 6) is 5.88. The fraction of sp³-hybridized carbons (Fsp3) is 0.583. The number of hydrogen-bond acceptors (Lipinski definition) is 7. The quantitative estimate of drug-likeness (QED) is 0.149. The number of ether oxygens (including phenoxy) is 2. The van der Waals surface area contributed by atoms with Gasteiger partial charge >= 0.3 is 0 Å². The lowest BCUT2D eigenvalue weighted by atomic mass is 10.1. The highest BCUT2D eigenvalue weighted by Crippen LogP contribution is 2.41. The standard InChI is InChI=1S/C24H37N3O4S2/c1-18(2)7-6-12-26-22(28)17-30-15-16-31-24(33-32-19(3)4)21-10-8-20(9-11-21)23(29)27-14-13-25-5/h8-11,18-19,24-25H,12-17H2,1-5H3,(H,26,28)(H,27,29). The van der Waals surface area contributed by atoms with Crippen molar-refractivity contribution in [3.8, 4) is 11.8 Å². The molecule has 184 valence electrons. The second kappa shape index (κ2) is 17.7. The van der Waals surface area contributed by atoms with E-state index in [2.05, 4.69) is 41.6 Å². The van der Waals surface area contributed by atoms with Crippen LogP contribution in [0, 0.1) is 17.8 Å². The second-order valence-electron chi connectivity index (χ2n) is 7.73. The van der Waals surface area contributed by atoms with Gasteiger partial charge in [-0.15, -0.1) is 0 Å². The van der Waals surface area contributed by atoms with Crippen LogP contribution in [0.4, 0.5) is 0 Å². The number of benzene rings is 1. The zero-order chi connectivity index (χ0) is 24.5. The first-order valence-electron chi connectivity index (χ1n) is 11.1. The molecule has 0 spiro atoms. The second-order valence-corrected chi connectivity index (χ2v) is 10.6. The number of carbonyl (C=O) groups is 2. The van der Waals surface area contributed by atoms with Crippen LogP contribution >= 0.6 is 21.6 Å². The minimum atomic E-state index is -0.206. The van der Waals surface area contributed by atoms with Gasteiger partial charge in [-0.1, -0.05) is 73.3 Å². The smallest absolute Gasteiger partial charge is 0.251 e. The van der Waals surface area contributed by atoms with Gasteiger partial charge in [-0.05, 0) is 24.7 Å². The van der Waals surface area contributed by atoms with E-state index in [1.54, 1.807) is 21.6 Å². The molecule has 0 saturated heterocycles. The summed E-state index contributed by atoms with van der Waals surface area (Å²) in [6.45, 7) is 10.5. The molecular weight excluding hydrogens is 458 g/mol. The van der Waals surface area contributed by atoms with Gasteiger partial charge in [0, 0.05) is 29.8 Å². The van der Waals surface area contributed by atoms with E-state index in [9.17, 15) is 9.59 Å². The summed E-state index contributed by atoms with van der Waals surface area (Å²) in [7, 11) is 5.20. The van der Waals surface area contributed by atoms with Crippen LogP contribution in [0.15, 0.2) is 24.3 Å². The molecule has 0 radical (unpaired) electrons. The molecule has 0 aliphatic heterocycles. The van der Waals surface area contributed by atoms with E-state index in [1.807, 2.05) is 45.2 Å². The molecule has 0 aromatic heterocycles. The van der Waals surface area contributed by atoms with Crippen molar-refractivity contribution in [1.29, 1.82) is 0 Å². The molecule has 0 fully saturated rings. The summed E-state index contributed by atoms with van der Waals surface area (Å²) in [5, 5.41) is 9.01. The van der Waals surface area contributed by atoms with Gasteiger partial charge in [0.25, 0.3) is 5.91 Å². The van der Waals surface area contributed by atoms with Gasteiger partial charge in [0.1, 0.15) is 12.0 Å². The first kappa shape index (κ1) is 29.3. The fourth-order valence-electron chi connectivity index (χ4n) is 2.36. The van der Waals surface area contributed by atoms with E-state index in [4.69, 9.17) is 9.47 Å². The summed E-state index contributed by atoms with van der Waals surface area (Å²) >= 11 is 0. The van der Waals surface area contributed by atoms with Gasteiger partial charge in [-0.2, -0.15) is 0 Å². The number of rotatable bonds is 15. The first-order chi connectivity index (χ1) is 15.8. The lowest BCUT2D eigenvalue weighted by Crippen LogP contribution is -2.30. The van der Waals surface area contributed by atoms with Crippen molar-refractivity contribution in [2.24, 2.45) is 5.92 Å². The van der Waals surface area contributed by atoms with Gasteiger partial charge in [-0.25, -0.2) is 0 Å². The van der Waals surface area contributed by atoms with Crippen LogP contribution in [-0.2, 0) is 14.3 Å². The maximum Gasteiger partial charge on any atom is 0.251 e. The van der Waals surface area contributed by atoms with Crippen molar-refractivity contribution in [3.05, 3.63) is 35.4 Å². The molecule has 1 aromatic rings. The molecular formula is C24H37N3O4S2. The average molecular weight is 496 g/mol. The Morgan fingerprint density at radius 1 is 1.00 bits per heavy atom. The number of nitrogens with one attached hydrogen (secondary N) is 3. The van der Waals surface area contributed by atoms with Crippen LogP contribution < -0.4 is 16.0 Å². The zero-order valence-electron chi connectivity index (χ0n) is 20.2. The van der Waals surface area contributed by atoms with E-state index in [1.165, 1.54) is 0 Å². The van der Waals surface area contributed by atoms with Crippen LogP contribution in [0.25, 0.3) is 0 Å². The minimum absolute atomic E-state index is 0.0252.